The lowest BCUT2D eigenvalue weighted by atomic mass is 9.97. The number of benzene rings is 2. The van der Waals surface area contributed by atoms with Gasteiger partial charge in [0.2, 0.25) is 0 Å². The maximum atomic E-state index is 9.19. The molecule has 0 aromatic heterocycles. The van der Waals surface area contributed by atoms with Crippen molar-refractivity contribution >= 4 is 17.3 Å². The molecule has 2 aromatic rings. The van der Waals surface area contributed by atoms with Crippen LogP contribution in [0.1, 0.15) is 11.1 Å². The summed E-state index contributed by atoms with van der Waals surface area (Å²) in [6, 6.07) is 16.7. The van der Waals surface area contributed by atoms with Gasteiger partial charge in [0.15, 0.2) is 0 Å². The number of aliphatic hydroxyl groups is 1. The van der Waals surface area contributed by atoms with Crippen molar-refractivity contribution in [2.45, 2.75) is 9.79 Å². The standard InChI is InChI=1S/C15H12OS/c16-10-9-11-12-5-1-3-7-14(12)17-15-8-4-2-6-13(11)15/h1-9,16H,10H2. The van der Waals surface area contributed by atoms with Gasteiger partial charge in [-0.1, -0.05) is 54.2 Å². The number of aliphatic hydroxyl groups excluding tert-OH is 1. The Balaban J connectivity index is 2.24. The molecule has 3 rings (SSSR count). The Labute approximate surface area is 105 Å². The fourth-order valence-electron chi connectivity index (χ4n) is 2.13. The summed E-state index contributed by atoms with van der Waals surface area (Å²) in [5.41, 5.74) is 3.56. The van der Waals surface area contributed by atoms with Gasteiger partial charge in [-0.05, 0) is 28.8 Å². The van der Waals surface area contributed by atoms with Crippen LogP contribution in [0.2, 0.25) is 0 Å². The van der Waals surface area contributed by atoms with Crippen LogP contribution in [0.5, 0.6) is 0 Å². The Morgan fingerprint density at radius 3 is 1.94 bits per heavy atom. The topological polar surface area (TPSA) is 20.2 Å². The molecule has 0 atom stereocenters. The summed E-state index contributed by atoms with van der Waals surface area (Å²) in [5.74, 6) is 0. The van der Waals surface area contributed by atoms with E-state index in [9.17, 15) is 5.11 Å². The average molecular weight is 240 g/mol. The normalized spacial score (nSPS) is 12.9. The maximum absolute atomic E-state index is 9.19. The summed E-state index contributed by atoms with van der Waals surface area (Å²) in [6.45, 7) is 0.0721. The molecule has 1 N–H and O–H groups in total. The molecule has 0 amide bonds. The predicted molar refractivity (Wildman–Crippen MR) is 71.2 cm³/mol. The molecule has 0 aliphatic carbocycles. The lowest BCUT2D eigenvalue weighted by Gasteiger charge is -2.21. The van der Waals surface area contributed by atoms with Crippen LogP contribution in [-0.2, 0) is 0 Å². The predicted octanol–water partition coefficient (Wildman–Crippen LogP) is 3.58. The molecule has 2 aromatic carbocycles. The lowest BCUT2D eigenvalue weighted by molar-refractivity contribution is 0.343. The van der Waals surface area contributed by atoms with Crippen molar-refractivity contribution in [2.24, 2.45) is 0 Å². The Kier molecular flexibility index (Phi) is 2.75. The van der Waals surface area contributed by atoms with E-state index in [1.165, 1.54) is 20.9 Å². The highest BCUT2D eigenvalue weighted by Gasteiger charge is 2.19. The van der Waals surface area contributed by atoms with E-state index in [2.05, 4.69) is 36.4 Å². The van der Waals surface area contributed by atoms with Gasteiger partial charge in [-0.25, -0.2) is 0 Å². The number of fused-ring (bicyclic) bond motifs is 2. The third kappa shape index (κ3) is 1.79. The van der Waals surface area contributed by atoms with Gasteiger partial charge in [-0.3, -0.25) is 0 Å². The second-order valence-corrected chi connectivity index (χ2v) is 4.98. The van der Waals surface area contributed by atoms with Crippen LogP contribution < -0.4 is 0 Å². The fourth-order valence-corrected chi connectivity index (χ4v) is 3.24. The van der Waals surface area contributed by atoms with Crippen molar-refractivity contribution in [1.29, 1.82) is 0 Å². The second kappa shape index (κ2) is 4.40. The summed E-state index contributed by atoms with van der Waals surface area (Å²) in [5, 5.41) is 9.19. The van der Waals surface area contributed by atoms with E-state index in [0.717, 1.165) is 5.57 Å². The van der Waals surface area contributed by atoms with Crippen molar-refractivity contribution < 1.29 is 5.11 Å². The zero-order valence-electron chi connectivity index (χ0n) is 9.26. The van der Waals surface area contributed by atoms with E-state index in [4.69, 9.17) is 0 Å². The summed E-state index contributed by atoms with van der Waals surface area (Å²) in [7, 11) is 0. The third-order valence-electron chi connectivity index (χ3n) is 2.87. The van der Waals surface area contributed by atoms with Crippen molar-refractivity contribution in [3.8, 4) is 0 Å². The largest absolute Gasteiger partial charge is 0.392 e. The highest BCUT2D eigenvalue weighted by molar-refractivity contribution is 7.99. The molecule has 0 fully saturated rings. The fraction of sp³-hybridized carbons (Fsp3) is 0.0667. The second-order valence-electron chi connectivity index (χ2n) is 3.89. The molecule has 1 aliphatic rings. The monoisotopic (exact) mass is 240 g/mol. The first kappa shape index (κ1) is 10.6. The Morgan fingerprint density at radius 1 is 0.882 bits per heavy atom. The van der Waals surface area contributed by atoms with Gasteiger partial charge in [0, 0.05) is 9.79 Å². The zero-order valence-corrected chi connectivity index (χ0v) is 10.1. The first-order chi connectivity index (χ1) is 8.40. The van der Waals surface area contributed by atoms with E-state index >= 15 is 0 Å². The van der Waals surface area contributed by atoms with E-state index in [-0.39, 0.29) is 6.61 Å². The molecule has 1 aliphatic heterocycles. The number of rotatable bonds is 1. The molecule has 0 spiro atoms. The Hall–Kier alpha value is -1.51. The Bertz CT molecular complexity index is 539. The van der Waals surface area contributed by atoms with Crippen molar-refractivity contribution in [3.63, 3.8) is 0 Å². The summed E-state index contributed by atoms with van der Waals surface area (Å²) in [4.78, 5) is 2.51. The minimum Gasteiger partial charge on any atom is -0.392 e. The van der Waals surface area contributed by atoms with Gasteiger partial charge >= 0.3 is 0 Å². The zero-order chi connectivity index (χ0) is 11.7. The first-order valence-electron chi connectivity index (χ1n) is 5.58. The van der Waals surface area contributed by atoms with Crippen molar-refractivity contribution in [3.05, 3.63) is 65.7 Å². The van der Waals surface area contributed by atoms with Crippen molar-refractivity contribution in [1.82, 2.24) is 0 Å². The third-order valence-corrected chi connectivity index (χ3v) is 4.02. The summed E-state index contributed by atoms with van der Waals surface area (Å²) >= 11 is 1.79. The van der Waals surface area contributed by atoms with Gasteiger partial charge in [0.25, 0.3) is 0 Å². The minimum atomic E-state index is 0.0721. The van der Waals surface area contributed by atoms with Crippen LogP contribution >= 0.6 is 11.8 Å². The quantitative estimate of drug-likeness (QED) is 0.701. The van der Waals surface area contributed by atoms with Crippen molar-refractivity contribution in [2.75, 3.05) is 6.61 Å². The maximum Gasteiger partial charge on any atom is 0.0621 e. The van der Waals surface area contributed by atoms with Crippen LogP contribution in [0.4, 0.5) is 0 Å². The number of hydrogen-bond donors (Lipinski definition) is 1. The van der Waals surface area contributed by atoms with E-state index < -0.39 is 0 Å². The molecule has 0 bridgehead atoms. The van der Waals surface area contributed by atoms with Crippen LogP contribution in [0.25, 0.3) is 5.57 Å². The van der Waals surface area contributed by atoms with Gasteiger partial charge in [-0.2, -0.15) is 0 Å². The van der Waals surface area contributed by atoms with Crippen LogP contribution in [0.15, 0.2) is 64.4 Å². The molecule has 0 saturated heterocycles. The molecule has 0 saturated carbocycles. The van der Waals surface area contributed by atoms with E-state index in [1.807, 2.05) is 18.2 Å². The lowest BCUT2D eigenvalue weighted by Crippen LogP contribution is -1.99. The number of hydrogen-bond acceptors (Lipinski definition) is 2. The SMILES string of the molecule is OCC=C1c2ccccc2Sc2ccccc21. The molecule has 0 unspecified atom stereocenters. The van der Waals surface area contributed by atoms with Gasteiger partial charge < -0.3 is 5.11 Å². The Morgan fingerprint density at radius 2 is 1.41 bits per heavy atom. The first-order valence-corrected chi connectivity index (χ1v) is 6.39. The van der Waals surface area contributed by atoms with Gasteiger partial charge in [0.05, 0.1) is 6.61 Å². The highest BCUT2D eigenvalue weighted by Crippen LogP contribution is 2.44. The van der Waals surface area contributed by atoms with Gasteiger partial charge in [0.1, 0.15) is 0 Å². The van der Waals surface area contributed by atoms with Crippen LogP contribution in [0.3, 0.4) is 0 Å². The molecule has 1 heterocycles. The molecule has 2 heteroatoms. The molecule has 0 radical (unpaired) electrons. The molecular weight excluding hydrogens is 228 g/mol. The van der Waals surface area contributed by atoms with Crippen LogP contribution in [-0.4, -0.2) is 11.7 Å². The van der Waals surface area contributed by atoms with Crippen LogP contribution in [0, 0.1) is 0 Å². The summed E-state index contributed by atoms with van der Waals surface area (Å²) < 4.78 is 0. The smallest absolute Gasteiger partial charge is 0.0621 e. The average Bonchev–Trinajstić information content (AvgIpc) is 2.39. The van der Waals surface area contributed by atoms with E-state index in [1.54, 1.807) is 11.8 Å². The molecule has 1 nitrogen and oxygen atoms in total. The molecule has 84 valence electrons. The minimum absolute atomic E-state index is 0.0721. The summed E-state index contributed by atoms with van der Waals surface area (Å²) in [6.07, 6.45) is 1.89. The van der Waals surface area contributed by atoms with E-state index in [0.29, 0.717) is 0 Å². The highest BCUT2D eigenvalue weighted by atomic mass is 32.2. The van der Waals surface area contributed by atoms with Gasteiger partial charge in [-0.15, -0.1) is 0 Å². The molecular formula is C15H12OS. The molecule has 17 heavy (non-hydrogen) atoms.